The fourth-order valence-electron chi connectivity index (χ4n) is 3.18. The average Bonchev–Trinajstić information content (AvgIpc) is 2.64. The van der Waals surface area contributed by atoms with Crippen molar-refractivity contribution in [1.29, 1.82) is 0 Å². The van der Waals surface area contributed by atoms with Gasteiger partial charge >= 0.3 is 5.97 Å². The van der Waals surface area contributed by atoms with E-state index in [4.69, 9.17) is 10.5 Å². The average molecular weight is 400 g/mol. The van der Waals surface area contributed by atoms with Crippen molar-refractivity contribution in [2.24, 2.45) is 5.73 Å². The van der Waals surface area contributed by atoms with Crippen LogP contribution < -0.4 is 5.73 Å². The molecular formula is C23H45NO2S. The van der Waals surface area contributed by atoms with Gasteiger partial charge in [0.2, 0.25) is 0 Å². The zero-order valence-corrected chi connectivity index (χ0v) is 18.9. The Morgan fingerprint density at radius 2 is 1.15 bits per heavy atom. The number of hydrogen-bond donors (Lipinski definition) is 1. The molecule has 0 aromatic rings. The van der Waals surface area contributed by atoms with E-state index in [1.165, 1.54) is 109 Å². The van der Waals surface area contributed by atoms with Crippen molar-refractivity contribution in [3.8, 4) is 0 Å². The summed E-state index contributed by atoms with van der Waals surface area (Å²) in [7, 11) is 0. The predicted molar refractivity (Wildman–Crippen MR) is 121 cm³/mol. The minimum Gasteiger partial charge on any atom is -0.463 e. The molecule has 27 heavy (non-hydrogen) atoms. The van der Waals surface area contributed by atoms with Crippen molar-refractivity contribution >= 4 is 17.7 Å². The number of nitrogens with two attached hydrogens (primary N) is 1. The van der Waals surface area contributed by atoms with Crippen molar-refractivity contribution in [3.05, 3.63) is 11.1 Å². The van der Waals surface area contributed by atoms with Crippen molar-refractivity contribution < 1.29 is 9.53 Å². The zero-order chi connectivity index (χ0) is 20.0. The van der Waals surface area contributed by atoms with Gasteiger partial charge in [-0.25, -0.2) is 4.79 Å². The lowest BCUT2D eigenvalue weighted by Gasteiger charge is -2.04. The predicted octanol–water partition coefficient (Wildman–Crippen LogP) is 7.34. The molecule has 0 unspecified atom stereocenters. The highest BCUT2D eigenvalue weighted by molar-refractivity contribution is 8.03. The van der Waals surface area contributed by atoms with Crippen LogP contribution in [-0.4, -0.2) is 18.3 Å². The van der Waals surface area contributed by atoms with E-state index in [-0.39, 0.29) is 5.97 Å². The second kappa shape index (κ2) is 21.7. The third-order valence-corrected chi connectivity index (χ3v) is 5.76. The molecule has 0 aromatic heterocycles. The Labute approximate surface area is 173 Å². The molecule has 0 bridgehead atoms. The highest BCUT2D eigenvalue weighted by atomic mass is 32.2. The minimum atomic E-state index is -0.338. The van der Waals surface area contributed by atoms with Gasteiger partial charge in [-0.15, -0.1) is 11.8 Å². The third kappa shape index (κ3) is 21.5. The van der Waals surface area contributed by atoms with Gasteiger partial charge in [-0.05, 0) is 19.1 Å². The van der Waals surface area contributed by atoms with E-state index in [1.807, 2.05) is 0 Å². The summed E-state index contributed by atoms with van der Waals surface area (Å²) in [4.78, 5) is 11.2. The maximum absolute atomic E-state index is 11.2. The lowest BCUT2D eigenvalue weighted by molar-refractivity contribution is -0.137. The van der Waals surface area contributed by atoms with Crippen LogP contribution in [0.25, 0.3) is 0 Å². The number of unbranched alkanes of at least 4 members (excludes halogenated alkanes) is 15. The van der Waals surface area contributed by atoms with Crippen molar-refractivity contribution in [3.63, 3.8) is 0 Å². The van der Waals surface area contributed by atoms with Crippen molar-refractivity contribution in [2.45, 2.75) is 117 Å². The highest BCUT2D eigenvalue weighted by Crippen LogP contribution is 2.16. The molecule has 0 aliphatic carbocycles. The summed E-state index contributed by atoms with van der Waals surface area (Å²) in [6.45, 7) is 4.47. The van der Waals surface area contributed by atoms with Crippen molar-refractivity contribution in [1.82, 2.24) is 0 Å². The molecule has 0 aliphatic rings. The lowest BCUT2D eigenvalue weighted by Crippen LogP contribution is -2.04. The fourth-order valence-corrected chi connectivity index (χ4v) is 3.95. The number of rotatable bonds is 20. The molecule has 0 aliphatic heterocycles. The normalized spacial score (nSPS) is 11.7. The maximum Gasteiger partial charge on any atom is 0.333 e. The summed E-state index contributed by atoms with van der Waals surface area (Å²) in [6.07, 6.45) is 23.5. The van der Waals surface area contributed by atoms with E-state index in [1.54, 1.807) is 18.7 Å². The van der Waals surface area contributed by atoms with E-state index in [0.29, 0.717) is 11.6 Å². The number of hydrogen-bond acceptors (Lipinski definition) is 4. The molecule has 0 fully saturated rings. The smallest absolute Gasteiger partial charge is 0.333 e. The summed E-state index contributed by atoms with van der Waals surface area (Å²) >= 11 is 1.56. The second-order valence-electron chi connectivity index (χ2n) is 7.45. The first-order valence-electron chi connectivity index (χ1n) is 11.5. The van der Waals surface area contributed by atoms with E-state index < -0.39 is 0 Å². The zero-order valence-electron chi connectivity index (χ0n) is 18.1. The summed E-state index contributed by atoms with van der Waals surface area (Å²) in [5.41, 5.74) is 5.79. The quantitative estimate of drug-likeness (QED) is 0.132. The third-order valence-electron chi connectivity index (χ3n) is 4.81. The van der Waals surface area contributed by atoms with Crippen LogP contribution in [0.3, 0.4) is 0 Å². The van der Waals surface area contributed by atoms with E-state index in [9.17, 15) is 4.79 Å². The van der Waals surface area contributed by atoms with Crippen LogP contribution in [0.15, 0.2) is 11.1 Å². The minimum absolute atomic E-state index is 0.338. The van der Waals surface area contributed by atoms with Gasteiger partial charge in [-0.2, -0.15) is 0 Å². The molecule has 0 heterocycles. The standard InChI is InChI=1S/C23H45NO2S/c1-3-5-6-7-8-9-10-11-12-13-14-15-16-17-18-19-20-27-22(24)21-23(25)26-4-2/h21H,3-20,24H2,1-2H3. The number of carbonyl (C=O) groups excluding carboxylic acids is 1. The van der Waals surface area contributed by atoms with Gasteiger partial charge in [0.1, 0.15) is 0 Å². The number of thioether (sulfide) groups is 1. The van der Waals surface area contributed by atoms with Gasteiger partial charge in [-0.3, -0.25) is 0 Å². The van der Waals surface area contributed by atoms with Crippen molar-refractivity contribution in [2.75, 3.05) is 12.4 Å². The summed E-state index contributed by atoms with van der Waals surface area (Å²) < 4.78 is 4.84. The molecule has 0 radical (unpaired) electrons. The van der Waals surface area contributed by atoms with Gasteiger partial charge in [-0.1, -0.05) is 103 Å². The van der Waals surface area contributed by atoms with E-state index in [0.717, 1.165) is 5.75 Å². The Balaban J connectivity index is 3.20. The van der Waals surface area contributed by atoms with Gasteiger partial charge < -0.3 is 10.5 Å². The number of esters is 1. The van der Waals surface area contributed by atoms with E-state index in [2.05, 4.69) is 6.92 Å². The molecule has 160 valence electrons. The number of ether oxygens (including phenoxy) is 1. The molecule has 0 saturated heterocycles. The fraction of sp³-hybridized carbons (Fsp3) is 0.870. The van der Waals surface area contributed by atoms with Crippen LogP contribution in [-0.2, 0) is 9.53 Å². The summed E-state index contributed by atoms with van der Waals surface area (Å²) in [5, 5.41) is 0.564. The summed E-state index contributed by atoms with van der Waals surface area (Å²) in [5.74, 6) is 0.648. The first-order valence-corrected chi connectivity index (χ1v) is 12.5. The van der Waals surface area contributed by atoms with Crippen LogP contribution in [0, 0.1) is 0 Å². The van der Waals surface area contributed by atoms with Crippen LogP contribution in [0.1, 0.15) is 117 Å². The molecular weight excluding hydrogens is 354 g/mol. The number of carbonyl (C=O) groups is 1. The second-order valence-corrected chi connectivity index (χ2v) is 8.62. The molecule has 0 amide bonds. The molecule has 0 rings (SSSR count). The van der Waals surface area contributed by atoms with Crippen LogP contribution in [0.2, 0.25) is 0 Å². The molecule has 3 nitrogen and oxygen atoms in total. The SMILES string of the molecule is CCCCCCCCCCCCCCCCCCSC(N)=CC(=O)OCC. The highest BCUT2D eigenvalue weighted by Gasteiger charge is 2.00. The van der Waals surface area contributed by atoms with Crippen LogP contribution in [0.4, 0.5) is 0 Å². The largest absolute Gasteiger partial charge is 0.463 e. The molecule has 0 saturated carbocycles. The van der Waals surface area contributed by atoms with Crippen LogP contribution >= 0.6 is 11.8 Å². The Bertz CT molecular complexity index is 358. The molecule has 0 atom stereocenters. The molecule has 0 spiro atoms. The van der Waals surface area contributed by atoms with Gasteiger partial charge in [0.15, 0.2) is 0 Å². The van der Waals surface area contributed by atoms with Gasteiger partial charge in [0, 0.05) is 0 Å². The first kappa shape index (κ1) is 26.4. The Hall–Kier alpha value is -0.640. The summed E-state index contributed by atoms with van der Waals surface area (Å²) in [6, 6.07) is 0. The van der Waals surface area contributed by atoms with E-state index >= 15 is 0 Å². The lowest BCUT2D eigenvalue weighted by atomic mass is 10.0. The first-order chi connectivity index (χ1) is 13.2. The van der Waals surface area contributed by atoms with Gasteiger partial charge in [0.05, 0.1) is 17.7 Å². The van der Waals surface area contributed by atoms with Gasteiger partial charge in [0.25, 0.3) is 0 Å². The molecule has 4 heteroatoms. The Kier molecular flexibility index (Phi) is 21.1. The molecule has 2 N–H and O–H groups in total. The van der Waals surface area contributed by atoms with Crippen LogP contribution in [0.5, 0.6) is 0 Å². The Morgan fingerprint density at radius 1 is 0.741 bits per heavy atom. The monoisotopic (exact) mass is 399 g/mol. The topological polar surface area (TPSA) is 52.3 Å². The Morgan fingerprint density at radius 3 is 1.56 bits per heavy atom. The maximum atomic E-state index is 11.2. The molecule has 0 aromatic carbocycles.